The predicted molar refractivity (Wildman–Crippen MR) is 101 cm³/mol. The van der Waals surface area contributed by atoms with Crippen molar-refractivity contribution >= 4 is 22.6 Å². The van der Waals surface area contributed by atoms with Gasteiger partial charge in [-0.25, -0.2) is 4.98 Å². The minimum atomic E-state index is -0.183. The lowest BCUT2D eigenvalue weighted by Crippen LogP contribution is -2.50. The van der Waals surface area contributed by atoms with Crippen LogP contribution in [0.5, 0.6) is 0 Å². The molecule has 2 aromatic rings. The molecule has 3 heterocycles. The van der Waals surface area contributed by atoms with Crippen molar-refractivity contribution in [2.45, 2.75) is 37.8 Å². The Morgan fingerprint density at radius 1 is 1.15 bits per heavy atom. The van der Waals surface area contributed by atoms with Gasteiger partial charge in [0.2, 0.25) is 5.91 Å². The highest BCUT2D eigenvalue weighted by Gasteiger charge is 2.35. The van der Waals surface area contributed by atoms with Gasteiger partial charge in [-0.2, -0.15) is 5.26 Å². The van der Waals surface area contributed by atoms with Gasteiger partial charge < -0.3 is 10.6 Å². The number of anilines is 1. The van der Waals surface area contributed by atoms with Crippen molar-refractivity contribution in [1.82, 2.24) is 9.88 Å². The van der Waals surface area contributed by atoms with Crippen LogP contribution < -0.4 is 10.6 Å². The van der Waals surface area contributed by atoms with Crippen molar-refractivity contribution in [3.63, 3.8) is 0 Å². The molecule has 1 atom stereocenters. The van der Waals surface area contributed by atoms with Gasteiger partial charge in [-0.05, 0) is 62.6 Å². The summed E-state index contributed by atoms with van der Waals surface area (Å²) in [4.78, 5) is 21.0. The second-order valence-corrected chi connectivity index (χ2v) is 7.21. The van der Waals surface area contributed by atoms with E-state index < -0.39 is 0 Å². The number of hydrogen-bond acceptors (Lipinski definition) is 5. The van der Waals surface area contributed by atoms with Crippen LogP contribution in [0.1, 0.15) is 31.2 Å². The number of piperidine rings is 1. The van der Waals surface area contributed by atoms with Crippen LogP contribution in [0.25, 0.3) is 10.9 Å². The molecule has 1 unspecified atom stereocenters. The second-order valence-electron chi connectivity index (χ2n) is 7.21. The third-order valence-corrected chi connectivity index (χ3v) is 5.68. The Labute approximate surface area is 153 Å². The lowest BCUT2D eigenvalue weighted by Gasteiger charge is -2.39. The Morgan fingerprint density at radius 2 is 1.96 bits per heavy atom. The van der Waals surface area contributed by atoms with Gasteiger partial charge in [-0.1, -0.05) is 0 Å². The number of benzene rings is 1. The smallest absolute Gasteiger partial charge is 0.234 e. The zero-order chi connectivity index (χ0) is 18.1. The Hall–Kier alpha value is -2.65. The van der Waals surface area contributed by atoms with Crippen LogP contribution in [0.4, 0.5) is 5.82 Å². The topological polar surface area (TPSA) is 86.2 Å². The molecule has 0 saturated carbocycles. The molecule has 0 radical (unpaired) electrons. The maximum absolute atomic E-state index is 11.7. The highest BCUT2D eigenvalue weighted by atomic mass is 16.1. The van der Waals surface area contributed by atoms with Crippen molar-refractivity contribution in [2.75, 3.05) is 24.5 Å². The normalized spacial score (nSPS) is 21.8. The SMILES string of the molecule is N#Cc1ccc2nc(N3CCC(N4CCCC4C(N)=O)CC3)ccc2c1. The van der Waals surface area contributed by atoms with Crippen LogP contribution in [0.2, 0.25) is 0 Å². The van der Waals surface area contributed by atoms with Gasteiger partial charge >= 0.3 is 0 Å². The first-order valence-electron chi connectivity index (χ1n) is 9.26. The number of likely N-dealkylation sites (tertiary alicyclic amines) is 1. The van der Waals surface area contributed by atoms with Crippen LogP contribution in [0.3, 0.4) is 0 Å². The van der Waals surface area contributed by atoms with E-state index in [4.69, 9.17) is 16.0 Å². The predicted octanol–water partition coefficient (Wildman–Crippen LogP) is 2.02. The monoisotopic (exact) mass is 349 g/mol. The van der Waals surface area contributed by atoms with Crippen molar-refractivity contribution in [1.29, 1.82) is 5.26 Å². The van der Waals surface area contributed by atoms with Gasteiger partial charge in [0.1, 0.15) is 5.82 Å². The van der Waals surface area contributed by atoms with Gasteiger partial charge in [0.25, 0.3) is 0 Å². The van der Waals surface area contributed by atoms with E-state index in [9.17, 15) is 4.79 Å². The Balaban J connectivity index is 1.45. The molecule has 0 spiro atoms. The molecule has 4 rings (SSSR count). The number of rotatable bonds is 3. The van der Waals surface area contributed by atoms with E-state index in [1.165, 1.54) is 0 Å². The van der Waals surface area contributed by atoms with Crippen molar-refractivity contribution in [3.05, 3.63) is 35.9 Å². The van der Waals surface area contributed by atoms with Crippen LogP contribution in [-0.4, -0.2) is 47.5 Å². The molecule has 2 N–H and O–H groups in total. The average Bonchev–Trinajstić information content (AvgIpc) is 3.17. The molecule has 2 fully saturated rings. The molecular weight excluding hydrogens is 326 g/mol. The van der Waals surface area contributed by atoms with Crippen LogP contribution in [-0.2, 0) is 4.79 Å². The van der Waals surface area contributed by atoms with Crippen molar-refractivity contribution in [3.8, 4) is 6.07 Å². The molecule has 0 bridgehead atoms. The molecule has 1 amide bonds. The Kier molecular flexibility index (Phi) is 4.48. The number of aromatic nitrogens is 1. The highest BCUT2D eigenvalue weighted by molar-refractivity contribution is 5.82. The fraction of sp³-hybridized carbons (Fsp3) is 0.450. The standard InChI is InChI=1S/C20H23N5O/c21-13-14-3-5-17-15(12-14)4-6-19(23-17)24-10-7-16(8-11-24)25-9-1-2-18(25)20(22)26/h3-6,12,16,18H,1-2,7-11H2,(H2,22,26). The number of primary amides is 1. The molecular formula is C20H23N5O. The Bertz CT molecular complexity index is 866. The third kappa shape index (κ3) is 3.11. The summed E-state index contributed by atoms with van der Waals surface area (Å²) in [5.74, 6) is 0.798. The third-order valence-electron chi connectivity index (χ3n) is 5.68. The highest BCUT2D eigenvalue weighted by Crippen LogP contribution is 2.28. The molecule has 0 aliphatic carbocycles. The Morgan fingerprint density at radius 3 is 2.69 bits per heavy atom. The summed E-state index contributed by atoms with van der Waals surface area (Å²) < 4.78 is 0. The number of nitriles is 1. The maximum atomic E-state index is 11.7. The molecule has 2 aliphatic heterocycles. The van der Waals surface area contributed by atoms with Gasteiger partial charge in [0.05, 0.1) is 23.2 Å². The first-order chi connectivity index (χ1) is 12.7. The fourth-order valence-corrected chi connectivity index (χ4v) is 4.32. The van der Waals surface area contributed by atoms with E-state index >= 15 is 0 Å². The van der Waals surface area contributed by atoms with Gasteiger partial charge in [-0.3, -0.25) is 9.69 Å². The van der Waals surface area contributed by atoms with E-state index in [1.807, 2.05) is 30.3 Å². The zero-order valence-electron chi connectivity index (χ0n) is 14.8. The largest absolute Gasteiger partial charge is 0.368 e. The zero-order valence-corrected chi connectivity index (χ0v) is 14.8. The number of nitrogens with two attached hydrogens (primary N) is 1. The number of hydrogen-bond donors (Lipinski definition) is 1. The summed E-state index contributed by atoms with van der Waals surface area (Å²) in [5.41, 5.74) is 7.13. The van der Waals surface area contributed by atoms with E-state index in [0.29, 0.717) is 11.6 Å². The fourth-order valence-electron chi connectivity index (χ4n) is 4.32. The average molecular weight is 349 g/mol. The molecule has 26 heavy (non-hydrogen) atoms. The van der Waals surface area contributed by atoms with E-state index in [0.717, 1.165) is 62.0 Å². The molecule has 1 aromatic carbocycles. The van der Waals surface area contributed by atoms with E-state index in [2.05, 4.69) is 15.9 Å². The minimum Gasteiger partial charge on any atom is -0.368 e. The summed E-state index contributed by atoms with van der Waals surface area (Å²) in [5, 5.41) is 10.0. The van der Waals surface area contributed by atoms with Gasteiger partial charge in [0.15, 0.2) is 0 Å². The number of carbonyl (C=O) groups is 1. The number of pyridine rings is 1. The summed E-state index contributed by atoms with van der Waals surface area (Å²) in [6, 6.07) is 12.2. The van der Waals surface area contributed by atoms with Gasteiger partial charge in [-0.15, -0.1) is 0 Å². The molecule has 6 heteroatoms. The maximum Gasteiger partial charge on any atom is 0.234 e. The van der Waals surface area contributed by atoms with E-state index in [1.54, 1.807) is 0 Å². The van der Waals surface area contributed by atoms with Crippen LogP contribution in [0.15, 0.2) is 30.3 Å². The van der Waals surface area contributed by atoms with Crippen LogP contribution >= 0.6 is 0 Å². The van der Waals surface area contributed by atoms with Crippen molar-refractivity contribution < 1.29 is 4.79 Å². The summed E-state index contributed by atoms with van der Waals surface area (Å²) >= 11 is 0. The molecule has 2 aliphatic rings. The first kappa shape index (κ1) is 16.8. The minimum absolute atomic E-state index is 0.0836. The lowest BCUT2D eigenvalue weighted by atomic mass is 10.0. The quantitative estimate of drug-likeness (QED) is 0.916. The number of nitrogens with zero attached hydrogens (tertiary/aromatic N) is 4. The molecule has 134 valence electrons. The lowest BCUT2D eigenvalue weighted by molar-refractivity contribution is -0.123. The molecule has 6 nitrogen and oxygen atoms in total. The molecule has 2 saturated heterocycles. The summed E-state index contributed by atoms with van der Waals surface area (Å²) in [6.07, 6.45) is 4.00. The molecule has 1 aromatic heterocycles. The van der Waals surface area contributed by atoms with Crippen LogP contribution in [0, 0.1) is 11.3 Å². The first-order valence-corrected chi connectivity index (χ1v) is 9.26. The van der Waals surface area contributed by atoms with Crippen molar-refractivity contribution in [2.24, 2.45) is 5.73 Å². The summed E-state index contributed by atoms with van der Waals surface area (Å²) in [6.45, 7) is 2.84. The van der Waals surface area contributed by atoms with E-state index in [-0.39, 0.29) is 11.9 Å². The second kappa shape index (κ2) is 6.93. The van der Waals surface area contributed by atoms with Gasteiger partial charge in [0, 0.05) is 24.5 Å². The number of carbonyl (C=O) groups excluding carboxylic acids is 1. The number of amides is 1. The summed E-state index contributed by atoms with van der Waals surface area (Å²) in [7, 11) is 0. The number of fused-ring (bicyclic) bond motifs is 1.